The van der Waals surface area contributed by atoms with E-state index in [1.54, 1.807) is 0 Å². The number of anilines is 1. The van der Waals surface area contributed by atoms with Crippen molar-refractivity contribution >= 4 is 29.4 Å². The molecular formula is C19H28N6O2S. The fourth-order valence-corrected chi connectivity index (χ4v) is 3.88. The molecule has 1 heterocycles. The normalized spacial score (nSPS) is 12.1. The molecule has 9 heteroatoms. The maximum absolute atomic E-state index is 12.3. The summed E-state index contributed by atoms with van der Waals surface area (Å²) in [7, 11) is 1.86. The number of rotatable bonds is 8. The van der Waals surface area contributed by atoms with Gasteiger partial charge in [0.15, 0.2) is 11.0 Å². The molecule has 3 N–H and O–H groups in total. The van der Waals surface area contributed by atoms with E-state index in [-0.39, 0.29) is 5.92 Å². The van der Waals surface area contributed by atoms with E-state index in [4.69, 9.17) is 5.73 Å². The van der Waals surface area contributed by atoms with Crippen molar-refractivity contribution in [2.45, 2.75) is 38.1 Å². The summed E-state index contributed by atoms with van der Waals surface area (Å²) in [5.41, 5.74) is 7.18. The van der Waals surface area contributed by atoms with Gasteiger partial charge in [-0.2, -0.15) is 0 Å². The number of hydrogen-bond donors (Lipinski definition) is 2. The lowest BCUT2D eigenvalue weighted by Gasteiger charge is -2.21. The molecule has 2 rings (SSSR count). The first-order valence-electron chi connectivity index (χ1n) is 9.30. The molecule has 0 bridgehead atoms. The van der Waals surface area contributed by atoms with Crippen LogP contribution in [0, 0.1) is 5.92 Å². The van der Waals surface area contributed by atoms with Gasteiger partial charge in [0.1, 0.15) is 0 Å². The Morgan fingerprint density at radius 3 is 2.29 bits per heavy atom. The Balaban J connectivity index is 2.23. The predicted molar refractivity (Wildman–Crippen MR) is 112 cm³/mol. The lowest BCUT2D eigenvalue weighted by Crippen LogP contribution is -2.42. The van der Waals surface area contributed by atoms with E-state index in [1.807, 2.05) is 37.6 Å². The zero-order valence-corrected chi connectivity index (χ0v) is 17.8. The molecule has 1 atom stereocenters. The number of aromatic nitrogens is 3. The summed E-state index contributed by atoms with van der Waals surface area (Å²) in [5.74, 6) is 0.268. The number of carbonyl (C=O) groups excluding carboxylic acids is 2. The first-order valence-corrected chi connectivity index (χ1v) is 10.2. The highest BCUT2D eigenvalue weighted by atomic mass is 32.2. The molecule has 0 radical (unpaired) electrons. The van der Waals surface area contributed by atoms with Gasteiger partial charge in [-0.05, 0) is 44.0 Å². The molecule has 1 aromatic carbocycles. The second kappa shape index (κ2) is 9.59. The van der Waals surface area contributed by atoms with E-state index in [0.717, 1.165) is 24.3 Å². The van der Waals surface area contributed by atoms with E-state index in [9.17, 15) is 9.59 Å². The number of nitrogens with two attached hydrogens (primary N) is 1. The molecule has 0 aliphatic carbocycles. The number of imide groups is 1. The van der Waals surface area contributed by atoms with Crippen LogP contribution in [0.4, 0.5) is 10.5 Å². The van der Waals surface area contributed by atoms with Crippen LogP contribution in [-0.4, -0.2) is 45.0 Å². The Morgan fingerprint density at radius 1 is 1.18 bits per heavy atom. The van der Waals surface area contributed by atoms with Crippen LogP contribution in [-0.2, 0) is 11.8 Å². The van der Waals surface area contributed by atoms with Crippen LogP contribution in [0.5, 0.6) is 0 Å². The van der Waals surface area contributed by atoms with Crippen molar-refractivity contribution in [1.82, 2.24) is 20.1 Å². The topological polar surface area (TPSA) is 106 Å². The fraction of sp³-hybridized carbons (Fsp3) is 0.474. The molecule has 0 saturated carbocycles. The van der Waals surface area contributed by atoms with Crippen LogP contribution in [0.25, 0.3) is 11.4 Å². The molecule has 8 nitrogen and oxygen atoms in total. The molecule has 3 amide bonds. The SMILES string of the molecule is CCN(CC)c1ccc(-c2nnc(SC(C(=O)NC(N)=O)C(C)C)n2C)cc1. The maximum atomic E-state index is 12.3. The quantitative estimate of drug-likeness (QED) is 0.655. The smallest absolute Gasteiger partial charge is 0.318 e. The molecule has 1 aromatic heterocycles. The van der Waals surface area contributed by atoms with Gasteiger partial charge in [0.2, 0.25) is 5.91 Å². The monoisotopic (exact) mass is 404 g/mol. The van der Waals surface area contributed by atoms with Crippen LogP contribution in [0.15, 0.2) is 29.4 Å². The van der Waals surface area contributed by atoms with E-state index in [0.29, 0.717) is 11.0 Å². The Kier molecular flexibility index (Phi) is 7.45. The average Bonchev–Trinajstić information content (AvgIpc) is 3.01. The van der Waals surface area contributed by atoms with Crippen molar-refractivity contribution < 1.29 is 9.59 Å². The lowest BCUT2D eigenvalue weighted by molar-refractivity contribution is -0.120. The number of nitrogens with one attached hydrogen (secondary N) is 1. The third kappa shape index (κ3) is 5.03. The van der Waals surface area contributed by atoms with Gasteiger partial charge in [0, 0.05) is 31.4 Å². The standard InChI is InChI=1S/C19H28N6O2S/c1-6-25(7-2)14-10-8-13(9-11-14)16-22-23-19(24(16)5)28-15(12(3)4)17(26)21-18(20)27/h8-12,15H,6-7H2,1-5H3,(H3,20,21,26,27). The highest BCUT2D eigenvalue weighted by molar-refractivity contribution is 8.00. The van der Waals surface area contributed by atoms with E-state index in [1.165, 1.54) is 11.8 Å². The van der Waals surface area contributed by atoms with E-state index >= 15 is 0 Å². The number of benzene rings is 1. The van der Waals surface area contributed by atoms with Crippen molar-refractivity contribution in [2.75, 3.05) is 18.0 Å². The first kappa shape index (κ1) is 21.7. The summed E-state index contributed by atoms with van der Waals surface area (Å²) in [6.07, 6.45) is 0. The fourth-order valence-electron chi connectivity index (χ4n) is 2.88. The number of primary amides is 1. The second-order valence-corrected chi connectivity index (χ2v) is 7.83. The van der Waals surface area contributed by atoms with Gasteiger partial charge < -0.3 is 15.2 Å². The van der Waals surface area contributed by atoms with E-state index < -0.39 is 17.2 Å². The van der Waals surface area contributed by atoms with Gasteiger partial charge in [0.05, 0.1) is 5.25 Å². The number of amides is 3. The minimum Gasteiger partial charge on any atom is -0.372 e. The van der Waals surface area contributed by atoms with Crippen LogP contribution < -0.4 is 16.0 Å². The molecular weight excluding hydrogens is 376 g/mol. The molecule has 0 fully saturated rings. The number of urea groups is 1. The zero-order chi connectivity index (χ0) is 20.8. The number of hydrogen-bond acceptors (Lipinski definition) is 6. The van der Waals surface area contributed by atoms with Crippen LogP contribution in [0.3, 0.4) is 0 Å². The molecule has 0 saturated heterocycles. The Bertz CT molecular complexity index is 814. The molecule has 152 valence electrons. The zero-order valence-electron chi connectivity index (χ0n) is 17.0. The van der Waals surface area contributed by atoms with Gasteiger partial charge >= 0.3 is 6.03 Å². The van der Waals surface area contributed by atoms with Crippen molar-refractivity contribution in [2.24, 2.45) is 18.7 Å². The highest BCUT2D eigenvalue weighted by Crippen LogP contribution is 2.30. The molecule has 1 unspecified atom stereocenters. The molecule has 0 aliphatic rings. The van der Waals surface area contributed by atoms with E-state index in [2.05, 4.69) is 46.4 Å². The summed E-state index contributed by atoms with van der Waals surface area (Å²) >= 11 is 1.27. The number of carbonyl (C=O) groups is 2. The van der Waals surface area contributed by atoms with Crippen LogP contribution in [0.1, 0.15) is 27.7 Å². The Labute approximate surface area is 169 Å². The number of nitrogens with zero attached hydrogens (tertiary/aromatic N) is 4. The van der Waals surface area contributed by atoms with Gasteiger partial charge in [0.25, 0.3) is 0 Å². The van der Waals surface area contributed by atoms with Gasteiger partial charge in [-0.1, -0.05) is 25.6 Å². The lowest BCUT2D eigenvalue weighted by atomic mass is 10.1. The average molecular weight is 405 g/mol. The Morgan fingerprint density at radius 2 is 1.79 bits per heavy atom. The molecule has 28 heavy (non-hydrogen) atoms. The van der Waals surface area contributed by atoms with Gasteiger partial charge in [-0.25, -0.2) is 4.79 Å². The minimum absolute atomic E-state index is 0.0159. The summed E-state index contributed by atoms with van der Waals surface area (Å²) in [6.45, 7) is 9.96. The molecule has 0 aliphatic heterocycles. The Hall–Kier alpha value is -2.55. The van der Waals surface area contributed by atoms with Crippen molar-refractivity contribution in [1.29, 1.82) is 0 Å². The third-order valence-corrected chi connectivity index (χ3v) is 6.01. The molecule has 0 spiro atoms. The summed E-state index contributed by atoms with van der Waals surface area (Å²) in [5, 5.41) is 10.8. The van der Waals surface area contributed by atoms with Crippen molar-refractivity contribution in [3.05, 3.63) is 24.3 Å². The largest absolute Gasteiger partial charge is 0.372 e. The summed E-state index contributed by atoms with van der Waals surface area (Å²) in [4.78, 5) is 25.5. The van der Waals surface area contributed by atoms with Crippen molar-refractivity contribution in [3.8, 4) is 11.4 Å². The van der Waals surface area contributed by atoms with Crippen LogP contribution >= 0.6 is 11.8 Å². The third-order valence-electron chi connectivity index (χ3n) is 4.43. The highest BCUT2D eigenvalue weighted by Gasteiger charge is 2.27. The maximum Gasteiger partial charge on any atom is 0.318 e. The van der Waals surface area contributed by atoms with Crippen LogP contribution in [0.2, 0.25) is 0 Å². The second-order valence-electron chi connectivity index (χ2n) is 6.72. The first-order chi connectivity index (χ1) is 13.3. The molecule has 2 aromatic rings. The van der Waals surface area contributed by atoms with Gasteiger partial charge in [-0.3, -0.25) is 10.1 Å². The van der Waals surface area contributed by atoms with Crippen molar-refractivity contribution in [3.63, 3.8) is 0 Å². The summed E-state index contributed by atoms with van der Waals surface area (Å²) < 4.78 is 1.85. The minimum atomic E-state index is -0.858. The number of thioether (sulfide) groups is 1. The predicted octanol–water partition coefficient (Wildman–Crippen LogP) is 2.64. The van der Waals surface area contributed by atoms with Gasteiger partial charge in [-0.15, -0.1) is 10.2 Å². The summed E-state index contributed by atoms with van der Waals surface area (Å²) in [6, 6.07) is 7.32.